The van der Waals surface area contributed by atoms with Crippen LogP contribution in [0.25, 0.3) is 0 Å². The van der Waals surface area contributed by atoms with Gasteiger partial charge in [-0.3, -0.25) is 9.48 Å². The number of carbonyl (C=O) groups is 1. The van der Waals surface area contributed by atoms with Gasteiger partial charge in [0.25, 0.3) is 5.91 Å². The number of nitrogens with zero attached hydrogens (tertiary/aromatic N) is 3. The summed E-state index contributed by atoms with van der Waals surface area (Å²) in [5, 5.41) is 4.69. The number of benzene rings is 1. The molecular weight excluding hydrogens is 350 g/mol. The second-order valence-corrected chi connectivity index (χ2v) is 8.68. The minimum absolute atomic E-state index is 0.0257. The van der Waals surface area contributed by atoms with Gasteiger partial charge in [-0.1, -0.05) is 11.6 Å². The molecule has 0 saturated carbocycles. The third-order valence-electron chi connectivity index (χ3n) is 4.21. The Labute approximate surface area is 145 Å². The highest BCUT2D eigenvalue weighted by Crippen LogP contribution is 2.29. The van der Waals surface area contributed by atoms with Crippen LogP contribution in [0.1, 0.15) is 27.5 Å². The van der Waals surface area contributed by atoms with Crippen LogP contribution in [0.4, 0.5) is 0 Å². The highest BCUT2D eigenvalue weighted by atomic mass is 35.5. The predicted molar refractivity (Wildman–Crippen MR) is 91.8 cm³/mol. The zero-order valence-corrected chi connectivity index (χ0v) is 15.0. The molecule has 0 N–H and O–H groups in total. The van der Waals surface area contributed by atoms with E-state index < -0.39 is 15.9 Å². The number of aryl methyl sites for hydroxylation is 2. The Kier molecular flexibility index (Phi) is 4.40. The lowest BCUT2D eigenvalue weighted by atomic mass is 10.1. The van der Waals surface area contributed by atoms with E-state index in [1.54, 1.807) is 47.2 Å². The average Bonchev–Trinajstić information content (AvgIpc) is 2.95. The Hall–Kier alpha value is -1.86. The second kappa shape index (κ2) is 6.22. The molecule has 2 aromatic rings. The molecule has 128 valence electrons. The summed E-state index contributed by atoms with van der Waals surface area (Å²) in [4.78, 5) is 14.5. The number of rotatable bonds is 2. The number of amides is 1. The van der Waals surface area contributed by atoms with Crippen LogP contribution in [0.3, 0.4) is 0 Å². The van der Waals surface area contributed by atoms with E-state index in [4.69, 9.17) is 11.6 Å². The Balaban J connectivity index is 1.97. The maximum absolute atomic E-state index is 12.9. The summed E-state index contributed by atoms with van der Waals surface area (Å²) in [6, 6.07) is 4.56. The highest BCUT2D eigenvalue weighted by Gasteiger charge is 2.36. The van der Waals surface area contributed by atoms with Gasteiger partial charge in [0, 0.05) is 35.9 Å². The quantitative estimate of drug-likeness (QED) is 0.813. The first kappa shape index (κ1) is 17.0. The zero-order chi connectivity index (χ0) is 17.5. The van der Waals surface area contributed by atoms with Crippen molar-refractivity contribution in [1.82, 2.24) is 14.7 Å². The molecule has 1 aromatic carbocycles. The molecular formula is C16H18ClN3O3S. The molecule has 24 heavy (non-hydrogen) atoms. The van der Waals surface area contributed by atoms with Crippen LogP contribution in [0.15, 0.2) is 30.6 Å². The van der Waals surface area contributed by atoms with E-state index in [-0.39, 0.29) is 24.0 Å². The molecule has 6 nitrogen and oxygen atoms in total. The zero-order valence-electron chi connectivity index (χ0n) is 13.4. The average molecular weight is 368 g/mol. The van der Waals surface area contributed by atoms with Crippen molar-refractivity contribution in [3.05, 3.63) is 52.3 Å². The molecule has 3 rings (SSSR count). The molecule has 1 fully saturated rings. The van der Waals surface area contributed by atoms with Crippen LogP contribution in [-0.4, -0.2) is 47.1 Å². The fourth-order valence-electron chi connectivity index (χ4n) is 2.88. The maximum Gasteiger partial charge on any atom is 0.254 e. The Morgan fingerprint density at radius 3 is 2.75 bits per heavy atom. The largest absolute Gasteiger partial charge is 0.329 e. The molecule has 1 amide bonds. The third-order valence-corrected chi connectivity index (χ3v) is 6.26. The van der Waals surface area contributed by atoms with E-state index >= 15 is 0 Å². The van der Waals surface area contributed by atoms with Crippen LogP contribution < -0.4 is 0 Å². The Bertz CT molecular complexity index is 892. The van der Waals surface area contributed by atoms with Gasteiger partial charge < -0.3 is 4.90 Å². The Morgan fingerprint density at radius 2 is 2.12 bits per heavy atom. The topological polar surface area (TPSA) is 72.3 Å². The van der Waals surface area contributed by atoms with Gasteiger partial charge in [-0.15, -0.1) is 0 Å². The monoisotopic (exact) mass is 367 g/mol. The van der Waals surface area contributed by atoms with Gasteiger partial charge in [-0.2, -0.15) is 5.10 Å². The van der Waals surface area contributed by atoms with Crippen molar-refractivity contribution in [3.8, 4) is 0 Å². The maximum atomic E-state index is 12.9. The van der Waals surface area contributed by atoms with Gasteiger partial charge in [0.1, 0.15) is 0 Å². The third kappa shape index (κ3) is 3.32. The van der Waals surface area contributed by atoms with Crippen molar-refractivity contribution in [2.45, 2.75) is 13.0 Å². The summed E-state index contributed by atoms with van der Waals surface area (Å²) < 4.78 is 25.7. The first-order valence-corrected chi connectivity index (χ1v) is 9.73. The summed E-state index contributed by atoms with van der Waals surface area (Å²) in [7, 11) is -1.43. The normalized spacial score (nSPS) is 20.1. The first-order valence-electron chi connectivity index (χ1n) is 7.53. The summed E-state index contributed by atoms with van der Waals surface area (Å²) in [6.45, 7) is 2.00. The fraction of sp³-hybridized carbons (Fsp3) is 0.375. The van der Waals surface area contributed by atoms with Gasteiger partial charge in [0.2, 0.25) is 0 Å². The molecule has 1 saturated heterocycles. The number of hydrogen-bond acceptors (Lipinski definition) is 4. The van der Waals surface area contributed by atoms with Crippen molar-refractivity contribution < 1.29 is 13.2 Å². The van der Waals surface area contributed by atoms with E-state index in [0.29, 0.717) is 10.6 Å². The summed E-state index contributed by atoms with van der Waals surface area (Å²) in [5.74, 6) is -0.308. The minimum atomic E-state index is -3.19. The molecule has 1 atom stereocenters. The van der Waals surface area contributed by atoms with E-state index in [1.807, 2.05) is 6.92 Å². The smallest absolute Gasteiger partial charge is 0.254 e. The first-order chi connectivity index (χ1) is 11.3. The molecule has 8 heteroatoms. The molecule has 0 spiro atoms. The van der Waals surface area contributed by atoms with E-state index in [0.717, 1.165) is 11.1 Å². The van der Waals surface area contributed by atoms with Gasteiger partial charge in [0.15, 0.2) is 9.84 Å². The summed E-state index contributed by atoms with van der Waals surface area (Å²) in [5.41, 5.74) is 2.04. The van der Waals surface area contributed by atoms with Crippen molar-refractivity contribution in [2.75, 3.05) is 18.1 Å². The van der Waals surface area contributed by atoms with Crippen LogP contribution in [-0.2, 0) is 16.9 Å². The van der Waals surface area contributed by atoms with E-state index in [9.17, 15) is 13.2 Å². The van der Waals surface area contributed by atoms with Crippen molar-refractivity contribution in [2.24, 2.45) is 7.05 Å². The molecule has 0 radical (unpaired) electrons. The number of aromatic nitrogens is 2. The molecule has 2 heterocycles. The number of halogens is 1. The van der Waals surface area contributed by atoms with E-state index in [1.165, 1.54) is 0 Å². The van der Waals surface area contributed by atoms with Crippen molar-refractivity contribution >= 4 is 27.3 Å². The molecule has 0 unspecified atom stereocenters. The van der Waals surface area contributed by atoms with Gasteiger partial charge in [-0.25, -0.2) is 8.42 Å². The van der Waals surface area contributed by atoms with Crippen LogP contribution >= 0.6 is 11.6 Å². The van der Waals surface area contributed by atoms with Gasteiger partial charge in [-0.05, 0) is 30.7 Å². The molecule has 1 aliphatic heterocycles. The van der Waals surface area contributed by atoms with Gasteiger partial charge in [0.05, 0.1) is 23.7 Å². The van der Waals surface area contributed by atoms with Crippen LogP contribution in [0, 0.1) is 6.92 Å². The minimum Gasteiger partial charge on any atom is -0.329 e. The lowest BCUT2D eigenvalue weighted by Crippen LogP contribution is -2.46. The van der Waals surface area contributed by atoms with Crippen molar-refractivity contribution in [3.63, 3.8) is 0 Å². The lowest BCUT2D eigenvalue weighted by molar-refractivity contribution is 0.0697. The second-order valence-electron chi connectivity index (χ2n) is 6.04. The lowest BCUT2D eigenvalue weighted by Gasteiger charge is -2.35. The standard InChI is InChI=1S/C16H18ClN3O3S/c1-11-7-12(3-4-14(11)17)16(21)20-5-6-24(22,23)10-15(20)13-8-18-19(2)9-13/h3-4,7-9,15H,5-6,10H2,1-2H3/t15-/m1/s1. The number of hydrogen-bond donors (Lipinski definition) is 0. The fourth-order valence-corrected chi connectivity index (χ4v) is 4.49. The highest BCUT2D eigenvalue weighted by molar-refractivity contribution is 7.91. The Morgan fingerprint density at radius 1 is 1.38 bits per heavy atom. The predicted octanol–water partition coefficient (Wildman–Crippen LogP) is 1.99. The van der Waals surface area contributed by atoms with E-state index in [2.05, 4.69) is 5.10 Å². The molecule has 0 bridgehead atoms. The number of carbonyl (C=O) groups excluding carboxylic acids is 1. The SMILES string of the molecule is Cc1cc(C(=O)N2CCS(=O)(=O)C[C@@H]2c2cnn(C)c2)ccc1Cl. The molecule has 0 aliphatic carbocycles. The van der Waals surface area contributed by atoms with Crippen LogP contribution in [0.2, 0.25) is 5.02 Å². The van der Waals surface area contributed by atoms with Crippen LogP contribution in [0.5, 0.6) is 0 Å². The summed E-state index contributed by atoms with van der Waals surface area (Å²) >= 11 is 6.02. The molecule has 1 aromatic heterocycles. The van der Waals surface area contributed by atoms with Crippen molar-refractivity contribution in [1.29, 1.82) is 0 Å². The summed E-state index contributed by atoms with van der Waals surface area (Å²) in [6.07, 6.45) is 3.36. The van der Waals surface area contributed by atoms with Gasteiger partial charge >= 0.3 is 0 Å². The molecule has 1 aliphatic rings. The number of sulfone groups is 1.